The van der Waals surface area contributed by atoms with Crippen molar-refractivity contribution in [2.45, 2.75) is 6.10 Å². The summed E-state index contributed by atoms with van der Waals surface area (Å²) in [5, 5.41) is 7.05. The highest BCUT2D eigenvalue weighted by molar-refractivity contribution is 5.88. The SMILES string of the molecule is C=C/C(=N\N=C)Oc1ccc(F)c(C2CN(C)CCO2)c1. The van der Waals surface area contributed by atoms with Crippen molar-refractivity contribution in [1.29, 1.82) is 0 Å². The van der Waals surface area contributed by atoms with E-state index in [1.54, 1.807) is 6.07 Å². The van der Waals surface area contributed by atoms with Crippen LogP contribution in [0.1, 0.15) is 11.7 Å². The second kappa shape index (κ2) is 7.10. The van der Waals surface area contributed by atoms with Crippen LogP contribution in [-0.2, 0) is 4.74 Å². The lowest BCUT2D eigenvalue weighted by atomic mass is 10.1. The minimum Gasteiger partial charge on any atom is -0.438 e. The number of hydrogen-bond donors (Lipinski definition) is 0. The Morgan fingerprint density at radius 2 is 2.38 bits per heavy atom. The molecule has 1 atom stereocenters. The molecule has 0 saturated carbocycles. The first-order chi connectivity index (χ1) is 10.1. The molecule has 1 aromatic carbocycles. The van der Waals surface area contributed by atoms with E-state index in [1.165, 1.54) is 18.2 Å². The van der Waals surface area contributed by atoms with Crippen LogP contribution >= 0.6 is 0 Å². The highest BCUT2D eigenvalue weighted by Gasteiger charge is 2.23. The van der Waals surface area contributed by atoms with E-state index < -0.39 is 0 Å². The number of halogens is 1. The molecule has 2 rings (SSSR count). The van der Waals surface area contributed by atoms with Crippen molar-refractivity contribution in [3.63, 3.8) is 0 Å². The Labute approximate surface area is 123 Å². The fraction of sp³-hybridized carbons (Fsp3) is 0.333. The van der Waals surface area contributed by atoms with Crippen LogP contribution < -0.4 is 4.74 Å². The first kappa shape index (κ1) is 15.3. The van der Waals surface area contributed by atoms with Crippen molar-refractivity contribution in [3.8, 4) is 5.75 Å². The molecule has 0 bridgehead atoms. The van der Waals surface area contributed by atoms with E-state index in [2.05, 4.69) is 28.4 Å². The van der Waals surface area contributed by atoms with Gasteiger partial charge in [0.15, 0.2) is 0 Å². The van der Waals surface area contributed by atoms with E-state index >= 15 is 0 Å². The standard InChI is InChI=1S/C15H18FN3O2/c1-4-15(18-17-2)21-11-5-6-13(16)12(9-11)14-10-19(3)7-8-20-14/h4-6,9,14H,1-2,7-8,10H2,3H3/b18-15+. The fourth-order valence-electron chi connectivity index (χ4n) is 2.09. The van der Waals surface area contributed by atoms with Crippen LogP contribution in [0.15, 0.2) is 41.1 Å². The molecule has 0 spiro atoms. The summed E-state index contributed by atoms with van der Waals surface area (Å²) in [4.78, 5) is 2.10. The largest absolute Gasteiger partial charge is 0.438 e. The van der Waals surface area contributed by atoms with Gasteiger partial charge in [0.1, 0.15) is 11.6 Å². The molecule has 21 heavy (non-hydrogen) atoms. The van der Waals surface area contributed by atoms with Crippen LogP contribution in [0.25, 0.3) is 0 Å². The van der Waals surface area contributed by atoms with Gasteiger partial charge >= 0.3 is 0 Å². The van der Waals surface area contributed by atoms with Gasteiger partial charge < -0.3 is 14.4 Å². The Kier molecular flexibility index (Phi) is 5.19. The average Bonchev–Trinajstić information content (AvgIpc) is 2.48. The molecule has 112 valence electrons. The lowest BCUT2D eigenvalue weighted by molar-refractivity contribution is -0.0226. The van der Waals surface area contributed by atoms with Crippen LogP contribution in [-0.4, -0.2) is 44.3 Å². The third-order valence-corrected chi connectivity index (χ3v) is 3.15. The van der Waals surface area contributed by atoms with Gasteiger partial charge in [-0.25, -0.2) is 4.39 Å². The monoisotopic (exact) mass is 291 g/mol. The van der Waals surface area contributed by atoms with Crippen LogP contribution in [0, 0.1) is 5.82 Å². The quantitative estimate of drug-likeness (QED) is 0.486. The zero-order valence-electron chi connectivity index (χ0n) is 12.0. The van der Waals surface area contributed by atoms with Crippen molar-refractivity contribution in [3.05, 3.63) is 42.2 Å². The minimum absolute atomic E-state index is 0.198. The maximum Gasteiger partial charge on any atom is 0.238 e. The Morgan fingerprint density at radius 3 is 3.05 bits per heavy atom. The molecular formula is C15H18FN3O2. The molecule has 0 aliphatic carbocycles. The molecule has 0 N–H and O–H groups in total. The van der Waals surface area contributed by atoms with Crippen molar-refractivity contribution in [2.24, 2.45) is 10.2 Å². The van der Waals surface area contributed by atoms with Gasteiger partial charge in [-0.1, -0.05) is 6.58 Å². The smallest absolute Gasteiger partial charge is 0.238 e. The molecule has 1 aliphatic rings. The summed E-state index contributed by atoms with van der Waals surface area (Å²) >= 11 is 0. The van der Waals surface area contributed by atoms with Crippen molar-refractivity contribution < 1.29 is 13.9 Å². The third kappa shape index (κ3) is 3.96. The van der Waals surface area contributed by atoms with E-state index in [0.717, 1.165) is 6.54 Å². The second-order valence-electron chi connectivity index (χ2n) is 4.69. The van der Waals surface area contributed by atoms with Gasteiger partial charge in [0, 0.05) is 25.4 Å². The summed E-state index contributed by atoms with van der Waals surface area (Å²) in [6.07, 6.45) is 1.09. The number of hydrogen-bond acceptors (Lipinski definition) is 5. The second-order valence-corrected chi connectivity index (χ2v) is 4.69. The predicted molar refractivity (Wildman–Crippen MR) is 80.4 cm³/mol. The van der Waals surface area contributed by atoms with E-state index in [1.807, 2.05) is 7.05 Å². The molecule has 5 nitrogen and oxygen atoms in total. The molecule has 0 radical (unpaired) electrons. The van der Waals surface area contributed by atoms with E-state index in [4.69, 9.17) is 9.47 Å². The van der Waals surface area contributed by atoms with Crippen LogP contribution in [0.2, 0.25) is 0 Å². The van der Waals surface area contributed by atoms with Gasteiger partial charge in [0.05, 0.1) is 12.7 Å². The number of benzene rings is 1. The normalized spacial score (nSPS) is 20.1. The van der Waals surface area contributed by atoms with E-state index in [9.17, 15) is 4.39 Å². The minimum atomic E-state index is -0.318. The first-order valence-electron chi connectivity index (χ1n) is 6.57. The molecule has 1 heterocycles. The number of nitrogens with zero attached hydrogens (tertiary/aromatic N) is 3. The third-order valence-electron chi connectivity index (χ3n) is 3.15. The predicted octanol–water partition coefficient (Wildman–Crippen LogP) is 2.41. The lowest BCUT2D eigenvalue weighted by Gasteiger charge is -2.30. The molecule has 0 amide bonds. The molecule has 1 aromatic rings. The summed E-state index contributed by atoms with van der Waals surface area (Å²) in [5.74, 6) is 0.330. The number of likely N-dealkylation sites (N-methyl/N-ethyl adjacent to an activating group) is 1. The molecule has 1 saturated heterocycles. The van der Waals surface area contributed by atoms with Crippen molar-refractivity contribution in [1.82, 2.24) is 4.90 Å². The first-order valence-corrected chi connectivity index (χ1v) is 6.57. The Balaban J connectivity index is 2.22. The van der Waals surface area contributed by atoms with Gasteiger partial charge in [-0.05, 0) is 31.3 Å². The summed E-state index contributed by atoms with van der Waals surface area (Å²) in [7, 11) is 1.98. The number of morpholine rings is 1. The topological polar surface area (TPSA) is 46.4 Å². The Morgan fingerprint density at radius 1 is 1.57 bits per heavy atom. The maximum absolute atomic E-state index is 14.0. The van der Waals surface area contributed by atoms with Gasteiger partial charge in [-0.15, -0.1) is 5.10 Å². The summed E-state index contributed by atoms with van der Waals surface area (Å²) in [6, 6.07) is 4.49. The van der Waals surface area contributed by atoms with E-state index in [-0.39, 0.29) is 17.8 Å². The van der Waals surface area contributed by atoms with Crippen molar-refractivity contribution >= 4 is 12.6 Å². The zero-order chi connectivity index (χ0) is 15.2. The summed E-state index contributed by atoms with van der Waals surface area (Å²) < 4.78 is 25.1. The van der Waals surface area contributed by atoms with Crippen LogP contribution in [0.3, 0.4) is 0 Å². The highest BCUT2D eigenvalue weighted by atomic mass is 19.1. The molecular weight excluding hydrogens is 273 g/mol. The molecule has 1 aliphatic heterocycles. The van der Waals surface area contributed by atoms with Gasteiger partial charge in [0.25, 0.3) is 0 Å². The number of rotatable bonds is 4. The van der Waals surface area contributed by atoms with Gasteiger partial charge in [-0.3, -0.25) is 0 Å². The maximum atomic E-state index is 14.0. The van der Waals surface area contributed by atoms with Crippen LogP contribution in [0.4, 0.5) is 4.39 Å². The summed E-state index contributed by atoms with van der Waals surface area (Å²) in [5.41, 5.74) is 0.467. The molecule has 1 fully saturated rings. The van der Waals surface area contributed by atoms with Gasteiger partial charge in [0.2, 0.25) is 5.90 Å². The number of ether oxygens (including phenoxy) is 2. The average molecular weight is 291 g/mol. The van der Waals surface area contributed by atoms with E-state index in [0.29, 0.717) is 24.5 Å². The molecule has 1 unspecified atom stereocenters. The molecule has 0 aromatic heterocycles. The van der Waals surface area contributed by atoms with Crippen LogP contribution in [0.5, 0.6) is 5.75 Å². The van der Waals surface area contributed by atoms with Crippen molar-refractivity contribution in [2.75, 3.05) is 26.7 Å². The summed E-state index contributed by atoms with van der Waals surface area (Å²) in [6.45, 7) is 8.87. The highest BCUT2D eigenvalue weighted by Crippen LogP contribution is 2.27. The zero-order valence-corrected chi connectivity index (χ0v) is 12.0. The Hall–Kier alpha value is -2.05. The van der Waals surface area contributed by atoms with Gasteiger partial charge in [-0.2, -0.15) is 5.10 Å². The Bertz CT molecular complexity index is 560. The lowest BCUT2D eigenvalue weighted by Crippen LogP contribution is -2.35. The fourth-order valence-corrected chi connectivity index (χ4v) is 2.09. The molecule has 6 heteroatoms.